The van der Waals surface area contributed by atoms with Crippen LogP contribution in [0.1, 0.15) is 39.7 Å². The molecule has 0 bridgehead atoms. The van der Waals surface area contributed by atoms with Crippen LogP contribution in [0.4, 0.5) is 0 Å². The SMILES string of the molecule is Cc1ccc(S(=O)NC(CC(=O)OC(C)(C)C)C2(C)OCCO2)cc1. The molecule has 2 rings (SSSR count). The molecular weight excluding hydrogens is 342 g/mol. The Bertz CT molecular complexity index is 617. The van der Waals surface area contributed by atoms with E-state index in [1.54, 1.807) is 19.1 Å². The summed E-state index contributed by atoms with van der Waals surface area (Å²) in [5, 5.41) is 0. The predicted octanol–water partition coefficient (Wildman–Crippen LogP) is 2.47. The Balaban J connectivity index is 2.12. The minimum atomic E-state index is -1.50. The normalized spacial score (nSPS) is 19.4. The number of hydrogen-bond acceptors (Lipinski definition) is 5. The van der Waals surface area contributed by atoms with Crippen LogP contribution in [0.2, 0.25) is 0 Å². The lowest BCUT2D eigenvalue weighted by molar-refractivity contribution is -0.176. The van der Waals surface area contributed by atoms with Crippen molar-refractivity contribution in [1.29, 1.82) is 0 Å². The minimum absolute atomic E-state index is 0.00856. The van der Waals surface area contributed by atoms with Crippen molar-refractivity contribution in [2.24, 2.45) is 0 Å². The van der Waals surface area contributed by atoms with Gasteiger partial charge in [0.15, 0.2) is 5.79 Å². The summed E-state index contributed by atoms with van der Waals surface area (Å²) in [4.78, 5) is 12.9. The van der Waals surface area contributed by atoms with E-state index in [0.717, 1.165) is 5.56 Å². The first-order valence-corrected chi connectivity index (χ1v) is 9.48. The fourth-order valence-electron chi connectivity index (χ4n) is 2.47. The van der Waals surface area contributed by atoms with Crippen molar-refractivity contribution in [1.82, 2.24) is 4.72 Å². The van der Waals surface area contributed by atoms with Gasteiger partial charge in [0.05, 0.1) is 30.6 Å². The van der Waals surface area contributed by atoms with Gasteiger partial charge in [-0.1, -0.05) is 17.7 Å². The van der Waals surface area contributed by atoms with Gasteiger partial charge in [0.25, 0.3) is 0 Å². The van der Waals surface area contributed by atoms with E-state index in [0.29, 0.717) is 18.1 Å². The van der Waals surface area contributed by atoms with Gasteiger partial charge in [0, 0.05) is 0 Å². The zero-order chi connectivity index (χ0) is 18.7. The van der Waals surface area contributed by atoms with E-state index in [4.69, 9.17) is 14.2 Å². The molecule has 1 saturated heterocycles. The number of hydrogen-bond donors (Lipinski definition) is 1. The summed E-state index contributed by atoms with van der Waals surface area (Å²) in [6, 6.07) is 6.76. The van der Waals surface area contributed by atoms with Crippen molar-refractivity contribution in [3.8, 4) is 0 Å². The van der Waals surface area contributed by atoms with Gasteiger partial charge in [-0.05, 0) is 46.8 Å². The maximum Gasteiger partial charge on any atom is 0.308 e. The molecule has 1 heterocycles. The van der Waals surface area contributed by atoms with Crippen molar-refractivity contribution in [3.63, 3.8) is 0 Å². The Morgan fingerprint density at radius 3 is 2.36 bits per heavy atom. The first-order valence-electron chi connectivity index (χ1n) is 8.33. The second-order valence-corrected chi connectivity index (χ2v) is 8.50. The summed E-state index contributed by atoms with van der Waals surface area (Å²) >= 11 is 0. The fraction of sp³-hybridized carbons (Fsp3) is 0.611. The number of carbonyl (C=O) groups excluding carboxylic acids is 1. The zero-order valence-corrected chi connectivity index (χ0v) is 16.3. The highest BCUT2D eigenvalue weighted by atomic mass is 32.2. The molecule has 7 heteroatoms. The van der Waals surface area contributed by atoms with Crippen LogP contribution in [0.5, 0.6) is 0 Å². The van der Waals surface area contributed by atoms with Gasteiger partial charge in [0.1, 0.15) is 16.6 Å². The lowest BCUT2D eigenvalue weighted by Crippen LogP contribution is -2.51. The van der Waals surface area contributed by atoms with Crippen LogP contribution in [0, 0.1) is 6.92 Å². The lowest BCUT2D eigenvalue weighted by Gasteiger charge is -2.32. The Labute approximate surface area is 151 Å². The van der Waals surface area contributed by atoms with E-state index in [9.17, 15) is 9.00 Å². The predicted molar refractivity (Wildman–Crippen MR) is 95.3 cm³/mol. The molecule has 2 atom stereocenters. The van der Waals surface area contributed by atoms with E-state index in [-0.39, 0.29) is 6.42 Å². The molecular formula is C18H27NO5S. The van der Waals surface area contributed by atoms with Crippen molar-refractivity contribution >= 4 is 17.0 Å². The molecule has 6 nitrogen and oxygen atoms in total. The van der Waals surface area contributed by atoms with Crippen LogP contribution in [0.25, 0.3) is 0 Å². The molecule has 0 amide bonds. The first kappa shape index (κ1) is 20.0. The number of nitrogens with one attached hydrogen (secondary N) is 1. The van der Waals surface area contributed by atoms with Gasteiger partial charge in [-0.3, -0.25) is 4.79 Å². The average Bonchev–Trinajstić information content (AvgIpc) is 2.93. The standard InChI is InChI=1S/C18H27NO5S/c1-13-6-8-14(9-7-13)25(21)19-15(18(5)22-10-11-23-18)12-16(20)24-17(2,3)4/h6-9,15,19H,10-12H2,1-5H3. The average molecular weight is 369 g/mol. The van der Waals surface area contributed by atoms with E-state index < -0.39 is 34.4 Å². The number of benzene rings is 1. The highest BCUT2D eigenvalue weighted by Crippen LogP contribution is 2.26. The molecule has 0 aromatic heterocycles. The molecule has 0 aliphatic carbocycles. The van der Waals surface area contributed by atoms with Gasteiger partial charge < -0.3 is 14.2 Å². The smallest absolute Gasteiger partial charge is 0.308 e. The Hall–Kier alpha value is -1.28. The van der Waals surface area contributed by atoms with Crippen molar-refractivity contribution in [2.75, 3.05) is 13.2 Å². The van der Waals surface area contributed by atoms with Gasteiger partial charge >= 0.3 is 5.97 Å². The Morgan fingerprint density at radius 2 is 1.84 bits per heavy atom. The van der Waals surface area contributed by atoms with Crippen LogP contribution >= 0.6 is 0 Å². The molecule has 1 fully saturated rings. The third kappa shape index (κ3) is 5.88. The Morgan fingerprint density at radius 1 is 1.28 bits per heavy atom. The van der Waals surface area contributed by atoms with Gasteiger partial charge in [-0.2, -0.15) is 0 Å². The van der Waals surface area contributed by atoms with Gasteiger partial charge in [0.2, 0.25) is 0 Å². The summed E-state index contributed by atoms with van der Waals surface area (Å²) < 4.78 is 32.4. The van der Waals surface area contributed by atoms with Gasteiger partial charge in [-0.25, -0.2) is 8.93 Å². The lowest BCUT2D eigenvalue weighted by atomic mass is 10.1. The second kappa shape index (κ2) is 7.95. The molecule has 0 spiro atoms. The molecule has 1 aliphatic heterocycles. The maximum absolute atomic E-state index is 12.7. The molecule has 1 aromatic carbocycles. The zero-order valence-electron chi connectivity index (χ0n) is 15.5. The quantitative estimate of drug-likeness (QED) is 0.780. The summed E-state index contributed by atoms with van der Waals surface area (Å²) in [5.41, 5.74) is 0.497. The van der Waals surface area contributed by atoms with Gasteiger partial charge in [-0.15, -0.1) is 0 Å². The van der Waals surface area contributed by atoms with E-state index in [1.165, 1.54) is 0 Å². The van der Waals surface area contributed by atoms with E-state index >= 15 is 0 Å². The first-order chi connectivity index (χ1) is 11.6. The van der Waals surface area contributed by atoms with Crippen molar-refractivity contribution in [3.05, 3.63) is 29.8 Å². The molecule has 0 saturated carbocycles. The fourth-order valence-corrected chi connectivity index (χ4v) is 3.55. The van der Waals surface area contributed by atoms with E-state index in [2.05, 4.69) is 4.72 Å². The van der Waals surface area contributed by atoms with E-state index in [1.807, 2.05) is 39.8 Å². The highest BCUT2D eigenvalue weighted by molar-refractivity contribution is 7.83. The third-order valence-corrected chi connectivity index (χ3v) is 4.97. The number of ether oxygens (including phenoxy) is 3. The maximum atomic E-state index is 12.7. The number of carbonyl (C=O) groups is 1. The molecule has 1 aromatic rings. The summed E-state index contributed by atoms with van der Waals surface area (Å²) in [7, 11) is -1.50. The molecule has 2 unspecified atom stereocenters. The van der Waals surface area contributed by atoms with Crippen LogP contribution < -0.4 is 4.72 Å². The van der Waals surface area contributed by atoms with Crippen LogP contribution in [-0.4, -0.2) is 40.8 Å². The number of aryl methyl sites for hydroxylation is 1. The van der Waals surface area contributed by atoms with Crippen LogP contribution in [-0.2, 0) is 30.0 Å². The highest BCUT2D eigenvalue weighted by Gasteiger charge is 2.42. The molecule has 0 radical (unpaired) electrons. The number of rotatable bonds is 6. The second-order valence-electron chi connectivity index (χ2n) is 7.26. The van der Waals surface area contributed by atoms with Crippen molar-refractivity contribution in [2.45, 2.75) is 63.4 Å². The molecule has 1 N–H and O–H groups in total. The largest absolute Gasteiger partial charge is 0.460 e. The summed E-state index contributed by atoms with van der Waals surface area (Å²) in [6.45, 7) is 9.99. The molecule has 1 aliphatic rings. The number of esters is 1. The molecule has 25 heavy (non-hydrogen) atoms. The Kier molecular flexibility index (Phi) is 6.37. The minimum Gasteiger partial charge on any atom is -0.460 e. The monoisotopic (exact) mass is 369 g/mol. The molecule has 140 valence electrons. The third-order valence-electron chi connectivity index (χ3n) is 3.77. The summed E-state index contributed by atoms with van der Waals surface area (Å²) in [5.74, 6) is -1.43. The van der Waals surface area contributed by atoms with Crippen molar-refractivity contribution < 1.29 is 23.2 Å². The topological polar surface area (TPSA) is 73.9 Å². The van der Waals surface area contributed by atoms with Crippen LogP contribution in [0.3, 0.4) is 0 Å². The van der Waals surface area contributed by atoms with Crippen LogP contribution in [0.15, 0.2) is 29.2 Å². The summed E-state index contributed by atoms with van der Waals surface area (Å²) in [6.07, 6.45) is -0.00856.